The van der Waals surface area contributed by atoms with E-state index in [1.54, 1.807) is 0 Å². The molecular formula is C9H13Cl. The van der Waals surface area contributed by atoms with Crippen LogP contribution in [0.15, 0.2) is 21.8 Å². The molecule has 0 aromatic carbocycles. The van der Waals surface area contributed by atoms with Crippen LogP contribution >= 0.6 is 11.6 Å². The van der Waals surface area contributed by atoms with E-state index in [1.807, 2.05) is 0 Å². The molecule has 0 aromatic rings. The zero-order chi connectivity index (χ0) is 7.89. The molecule has 1 aliphatic carbocycles. The van der Waals surface area contributed by atoms with Gasteiger partial charge in [-0.3, -0.25) is 0 Å². The van der Waals surface area contributed by atoms with Crippen molar-refractivity contribution < 1.29 is 0 Å². The Morgan fingerprint density at radius 1 is 1.10 bits per heavy atom. The second-order valence-corrected chi connectivity index (χ2v) is 3.41. The zero-order valence-electron chi connectivity index (χ0n) is 6.96. The SMILES string of the molecule is CC1=C(C)C(C)C(Cl)=C1C. The van der Waals surface area contributed by atoms with E-state index in [1.165, 1.54) is 16.7 Å². The summed E-state index contributed by atoms with van der Waals surface area (Å²) < 4.78 is 0. The Kier molecular flexibility index (Phi) is 1.91. The quantitative estimate of drug-likeness (QED) is 0.504. The number of allylic oxidation sites excluding steroid dienone is 4. The topological polar surface area (TPSA) is 0 Å². The summed E-state index contributed by atoms with van der Waals surface area (Å²) in [5, 5.41) is 1.02. The molecule has 0 nitrogen and oxygen atoms in total. The number of hydrogen-bond donors (Lipinski definition) is 0. The molecule has 0 spiro atoms. The lowest BCUT2D eigenvalue weighted by Crippen LogP contribution is -1.90. The van der Waals surface area contributed by atoms with Crippen LogP contribution in [0.1, 0.15) is 27.7 Å². The molecule has 1 atom stereocenters. The van der Waals surface area contributed by atoms with Crippen molar-refractivity contribution in [3.63, 3.8) is 0 Å². The van der Waals surface area contributed by atoms with Gasteiger partial charge in [0.1, 0.15) is 0 Å². The van der Waals surface area contributed by atoms with Crippen LogP contribution in [-0.2, 0) is 0 Å². The van der Waals surface area contributed by atoms with Gasteiger partial charge >= 0.3 is 0 Å². The molecule has 10 heavy (non-hydrogen) atoms. The van der Waals surface area contributed by atoms with Crippen LogP contribution in [0.4, 0.5) is 0 Å². The van der Waals surface area contributed by atoms with Gasteiger partial charge in [-0.05, 0) is 31.9 Å². The smallest absolute Gasteiger partial charge is 0.0281 e. The monoisotopic (exact) mass is 156 g/mol. The molecule has 1 aliphatic rings. The highest BCUT2D eigenvalue weighted by molar-refractivity contribution is 6.31. The largest absolute Gasteiger partial charge is 0.0882 e. The summed E-state index contributed by atoms with van der Waals surface area (Å²) in [7, 11) is 0. The fourth-order valence-corrected chi connectivity index (χ4v) is 1.62. The number of rotatable bonds is 0. The summed E-state index contributed by atoms with van der Waals surface area (Å²) in [6, 6.07) is 0. The summed E-state index contributed by atoms with van der Waals surface area (Å²) in [5.74, 6) is 0.460. The van der Waals surface area contributed by atoms with E-state index in [0.717, 1.165) is 5.03 Å². The first-order valence-corrected chi connectivity index (χ1v) is 3.97. The predicted molar refractivity (Wildman–Crippen MR) is 46.1 cm³/mol. The lowest BCUT2D eigenvalue weighted by atomic mass is 10.1. The maximum atomic E-state index is 6.04. The van der Waals surface area contributed by atoms with Crippen LogP contribution in [0.25, 0.3) is 0 Å². The van der Waals surface area contributed by atoms with E-state index >= 15 is 0 Å². The molecule has 0 aliphatic heterocycles. The molecule has 0 N–H and O–H groups in total. The first kappa shape index (κ1) is 7.87. The van der Waals surface area contributed by atoms with Crippen molar-refractivity contribution in [2.75, 3.05) is 0 Å². The summed E-state index contributed by atoms with van der Waals surface area (Å²) >= 11 is 6.04. The number of hydrogen-bond acceptors (Lipinski definition) is 0. The predicted octanol–water partition coefficient (Wildman–Crippen LogP) is 3.49. The highest BCUT2D eigenvalue weighted by Crippen LogP contribution is 2.38. The third kappa shape index (κ3) is 0.911. The first-order chi connectivity index (χ1) is 4.55. The van der Waals surface area contributed by atoms with Gasteiger partial charge in [0, 0.05) is 11.0 Å². The lowest BCUT2D eigenvalue weighted by molar-refractivity contribution is 0.858. The lowest BCUT2D eigenvalue weighted by Gasteiger charge is -2.03. The Morgan fingerprint density at radius 3 is 1.70 bits per heavy atom. The highest BCUT2D eigenvalue weighted by atomic mass is 35.5. The van der Waals surface area contributed by atoms with Crippen molar-refractivity contribution in [3.8, 4) is 0 Å². The van der Waals surface area contributed by atoms with Gasteiger partial charge in [0.15, 0.2) is 0 Å². The first-order valence-electron chi connectivity index (χ1n) is 3.59. The van der Waals surface area contributed by atoms with E-state index in [0.29, 0.717) is 5.92 Å². The van der Waals surface area contributed by atoms with Crippen LogP contribution in [0.2, 0.25) is 0 Å². The van der Waals surface area contributed by atoms with E-state index < -0.39 is 0 Å². The number of halogens is 1. The van der Waals surface area contributed by atoms with Gasteiger partial charge in [0.2, 0.25) is 0 Å². The molecular weight excluding hydrogens is 144 g/mol. The molecule has 0 heterocycles. The Bertz CT molecular complexity index is 197. The van der Waals surface area contributed by atoms with E-state index in [4.69, 9.17) is 11.6 Å². The molecule has 0 saturated heterocycles. The van der Waals surface area contributed by atoms with Crippen LogP contribution in [-0.4, -0.2) is 0 Å². The van der Waals surface area contributed by atoms with Gasteiger partial charge in [-0.15, -0.1) is 0 Å². The van der Waals surface area contributed by atoms with Gasteiger partial charge in [-0.25, -0.2) is 0 Å². The van der Waals surface area contributed by atoms with Crippen molar-refractivity contribution in [1.82, 2.24) is 0 Å². The molecule has 0 radical (unpaired) electrons. The third-order valence-corrected chi connectivity index (χ3v) is 3.15. The van der Waals surface area contributed by atoms with Crippen molar-refractivity contribution in [3.05, 3.63) is 21.8 Å². The molecule has 56 valence electrons. The highest BCUT2D eigenvalue weighted by Gasteiger charge is 2.21. The normalized spacial score (nSPS) is 26.7. The fraction of sp³-hybridized carbons (Fsp3) is 0.556. The van der Waals surface area contributed by atoms with Crippen LogP contribution < -0.4 is 0 Å². The van der Waals surface area contributed by atoms with Gasteiger partial charge in [0.25, 0.3) is 0 Å². The Hall–Kier alpha value is -0.230. The Labute approximate surface area is 67.6 Å². The summed E-state index contributed by atoms with van der Waals surface area (Å²) in [6.07, 6.45) is 0. The summed E-state index contributed by atoms with van der Waals surface area (Å²) in [4.78, 5) is 0. The van der Waals surface area contributed by atoms with Crippen LogP contribution in [0.5, 0.6) is 0 Å². The molecule has 1 heteroatoms. The van der Waals surface area contributed by atoms with Crippen LogP contribution in [0, 0.1) is 5.92 Å². The Morgan fingerprint density at radius 2 is 1.60 bits per heavy atom. The minimum absolute atomic E-state index is 0.460. The van der Waals surface area contributed by atoms with Gasteiger partial charge in [0.05, 0.1) is 0 Å². The summed E-state index contributed by atoms with van der Waals surface area (Å²) in [6.45, 7) is 8.53. The maximum absolute atomic E-state index is 6.04. The van der Waals surface area contributed by atoms with Gasteiger partial charge < -0.3 is 0 Å². The van der Waals surface area contributed by atoms with E-state index in [2.05, 4.69) is 27.7 Å². The van der Waals surface area contributed by atoms with Crippen LogP contribution in [0.3, 0.4) is 0 Å². The molecule has 1 unspecified atom stereocenters. The molecule has 0 amide bonds. The molecule has 0 saturated carbocycles. The van der Waals surface area contributed by atoms with Crippen molar-refractivity contribution in [1.29, 1.82) is 0 Å². The van der Waals surface area contributed by atoms with Crippen molar-refractivity contribution >= 4 is 11.6 Å². The van der Waals surface area contributed by atoms with Gasteiger partial charge in [-0.2, -0.15) is 0 Å². The molecule has 0 fully saturated rings. The van der Waals surface area contributed by atoms with Gasteiger partial charge in [-0.1, -0.05) is 24.1 Å². The minimum atomic E-state index is 0.460. The maximum Gasteiger partial charge on any atom is 0.0281 e. The Balaban J connectivity index is 3.09. The third-order valence-electron chi connectivity index (χ3n) is 2.54. The summed E-state index contributed by atoms with van der Waals surface area (Å²) in [5.41, 5.74) is 4.06. The van der Waals surface area contributed by atoms with E-state index in [-0.39, 0.29) is 0 Å². The standard InChI is InChI=1S/C9H13Cl/c1-5-6(2)8(4)9(10)7(5)3/h7H,1-4H3. The molecule has 0 bridgehead atoms. The minimum Gasteiger partial charge on any atom is -0.0882 e. The fourth-order valence-electron chi connectivity index (χ4n) is 1.31. The zero-order valence-corrected chi connectivity index (χ0v) is 7.71. The second-order valence-electron chi connectivity index (χ2n) is 3.00. The van der Waals surface area contributed by atoms with E-state index in [9.17, 15) is 0 Å². The average molecular weight is 157 g/mol. The second kappa shape index (κ2) is 2.43. The van der Waals surface area contributed by atoms with Crippen molar-refractivity contribution in [2.45, 2.75) is 27.7 Å². The van der Waals surface area contributed by atoms with Crippen molar-refractivity contribution in [2.24, 2.45) is 5.92 Å². The molecule has 1 rings (SSSR count). The molecule has 0 aromatic heterocycles. The average Bonchev–Trinajstić information content (AvgIpc) is 2.07.